The number of allylic oxidation sites excluding steroid dienone is 1. The Bertz CT molecular complexity index is 1340. The van der Waals surface area contributed by atoms with Gasteiger partial charge in [0.1, 0.15) is 17.2 Å². The molecule has 2 aromatic heterocycles. The summed E-state index contributed by atoms with van der Waals surface area (Å²) in [6.45, 7) is 6.85. The van der Waals surface area contributed by atoms with Crippen LogP contribution >= 0.6 is 11.8 Å². The Balaban J connectivity index is 1.27. The molecule has 39 heavy (non-hydrogen) atoms. The summed E-state index contributed by atoms with van der Waals surface area (Å²) in [6, 6.07) is 11.5. The maximum Gasteiger partial charge on any atom is 0.410 e. The molecular formula is C28H33N7O3S. The average Bonchev–Trinajstić information content (AvgIpc) is 3.39. The van der Waals surface area contributed by atoms with Gasteiger partial charge in [-0.25, -0.2) is 9.78 Å². The lowest BCUT2D eigenvalue weighted by molar-refractivity contribution is 0.0203. The van der Waals surface area contributed by atoms with E-state index in [1.165, 1.54) is 0 Å². The Hall–Kier alpha value is -3.86. The molecule has 1 fully saturated rings. The summed E-state index contributed by atoms with van der Waals surface area (Å²) in [5.41, 5.74) is -0.505. The van der Waals surface area contributed by atoms with Crippen LogP contribution in [0, 0.1) is 0 Å². The number of aliphatic imine (C=N–C) groups is 1. The Morgan fingerprint density at radius 3 is 2.67 bits per heavy atom. The van der Waals surface area contributed by atoms with Crippen molar-refractivity contribution in [2.24, 2.45) is 4.99 Å². The molecule has 1 amide bonds. The second-order valence-corrected chi connectivity index (χ2v) is 11.5. The minimum absolute atomic E-state index is 0.169. The Morgan fingerprint density at radius 2 is 1.95 bits per heavy atom. The number of nitrogens with one attached hydrogen (secondary N) is 2. The first-order valence-corrected chi connectivity index (χ1v) is 13.9. The number of aromatic nitrogens is 4. The summed E-state index contributed by atoms with van der Waals surface area (Å²) in [5.74, 6) is 3.12. The van der Waals surface area contributed by atoms with Crippen molar-refractivity contribution < 1.29 is 14.3 Å². The number of thioether (sulfide) groups is 1. The van der Waals surface area contributed by atoms with Crippen molar-refractivity contribution in [2.75, 3.05) is 18.4 Å². The van der Waals surface area contributed by atoms with E-state index in [-0.39, 0.29) is 12.0 Å². The van der Waals surface area contributed by atoms with Crippen molar-refractivity contribution in [1.82, 2.24) is 25.1 Å². The first-order valence-electron chi connectivity index (χ1n) is 13.1. The van der Waals surface area contributed by atoms with Crippen molar-refractivity contribution >= 4 is 35.8 Å². The third kappa shape index (κ3) is 7.38. The molecule has 2 N–H and O–H groups in total. The standard InChI is InChI=1S/C28H33N7O3S/c1-28(2,3)38-27(36)35-15-12-19(13-16-35)24-31-26(34-33-24)32-25-22(37-20-9-5-4-6-10-20)17-21(18-30-25)39-23-11-7-8-14-29-23/h4-6,9-11,14,17-19H,7-8,12-13,15-16H2,1-3H3,(H2,30,31,32,33,34). The normalized spacial score (nSPS) is 16.1. The highest BCUT2D eigenvalue weighted by Gasteiger charge is 2.29. The maximum atomic E-state index is 12.4. The molecule has 10 nitrogen and oxygen atoms in total. The summed E-state index contributed by atoms with van der Waals surface area (Å²) in [4.78, 5) is 28.8. The van der Waals surface area contributed by atoms with Gasteiger partial charge in [-0.3, -0.25) is 10.1 Å². The van der Waals surface area contributed by atoms with Gasteiger partial charge < -0.3 is 19.7 Å². The molecule has 0 bridgehead atoms. The minimum atomic E-state index is -0.505. The number of hydrogen-bond acceptors (Lipinski definition) is 9. The summed E-state index contributed by atoms with van der Waals surface area (Å²) in [6.07, 6.45) is 9.09. The lowest BCUT2D eigenvalue weighted by atomic mass is 9.96. The number of carbonyl (C=O) groups is 1. The number of H-pyrrole nitrogens is 1. The number of hydrogen-bond donors (Lipinski definition) is 2. The first kappa shape index (κ1) is 26.7. The molecule has 0 saturated carbocycles. The Labute approximate surface area is 232 Å². The van der Waals surface area contributed by atoms with Crippen LogP contribution in [-0.2, 0) is 4.74 Å². The number of likely N-dealkylation sites (tertiary alicyclic amines) is 1. The summed E-state index contributed by atoms with van der Waals surface area (Å²) >= 11 is 1.55. The SMILES string of the molecule is CC(C)(C)OC(=O)N1CCC(c2nc(Nc3ncc(SC4=CCCC=N4)cc3Oc3ccccc3)n[nH]2)CC1. The largest absolute Gasteiger partial charge is 0.453 e. The van der Waals surface area contributed by atoms with Crippen LogP contribution in [0.15, 0.2) is 63.6 Å². The van der Waals surface area contributed by atoms with Gasteiger partial charge in [0, 0.05) is 42.4 Å². The van der Waals surface area contributed by atoms with Gasteiger partial charge in [0.25, 0.3) is 0 Å². The van der Waals surface area contributed by atoms with Crippen LogP contribution in [0.5, 0.6) is 11.5 Å². The van der Waals surface area contributed by atoms with Crippen molar-refractivity contribution in [3.05, 3.63) is 59.5 Å². The lowest BCUT2D eigenvalue weighted by Crippen LogP contribution is -2.41. The van der Waals surface area contributed by atoms with Crippen molar-refractivity contribution in [3.63, 3.8) is 0 Å². The van der Waals surface area contributed by atoms with E-state index in [4.69, 9.17) is 9.47 Å². The monoisotopic (exact) mass is 547 g/mol. The van der Waals surface area contributed by atoms with Gasteiger partial charge in [-0.05, 0) is 58.6 Å². The van der Waals surface area contributed by atoms with Crippen LogP contribution in [0.25, 0.3) is 0 Å². The molecule has 0 radical (unpaired) electrons. The van der Waals surface area contributed by atoms with E-state index in [0.717, 1.165) is 41.4 Å². The number of pyridine rings is 1. The zero-order valence-corrected chi connectivity index (χ0v) is 23.2. The molecule has 2 aliphatic heterocycles. The highest BCUT2D eigenvalue weighted by Crippen LogP contribution is 2.36. The van der Waals surface area contributed by atoms with Crippen LogP contribution in [0.2, 0.25) is 0 Å². The van der Waals surface area contributed by atoms with Crippen LogP contribution in [-0.4, -0.2) is 56.1 Å². The quantitative estimate of drug-likeness (QED) is 0.338. The Kier molecular flexibility index (Phi) is 8.16. The summed E-state index contributed by atoms with van der Waals surface area (Å²) in [5, 5.41) is 11.6. The number of amides is 1. The molecule has 4 heterocycles. The molecule has 5 rings (SSSR count). The number of anilines is 2. The van der Waals surface area contributed by atoms with Crippen molar-refractivity contribution in [3.8, 4) is 11.5 Å². The molecule has 204 valence electrons. The third-order valence-electron chi connectivity index (χ3n) is 6.12. The summed E-state index contributed by atoms with van der Waals surface area (Å²) in [7, 11) is 0. The zero-order valence-electron chi connectivity index (χ0n) is 22.4. The van der Waals surface area contributed by atoms with Gasteiger partial charge in [0.2, 0.25) is 5.95 Å². The highest BCUT2D eigenvalue weighted by atomic mass is 32.2. The topological polar surface area (TPSA) is 118 Å². The van der Waals surface area contributed by atoms with Crippen LogP contribution < -0.4 is 10.1 Å². The van der Waals surface area contributed by atoms with Crippen LogP contribution in [0.1, 0.15) is 58.2 Å². The number of carbonyl (C=O) groups excluding carboxylic acids is 1. The van der Waals surface area contributed by atoms with Gasteiger partial charge in [0.05, 0.1) is 5.03 Å². The summed E-state index contributed by atoms with van der Waals surface area (Å²) < 4.78 is 11.7. The van der Waals surface area contributed by atoms with E-state index >= 15 is 0 Å². The molecule has 0 atom stereocenters. The lowest BCUT2D eigenvalue weighted by Gasteiger charge is -2.32. The van der Waals surface area contributed by atoms with E-state index in [1.807, 2.05) is 63.4 Å². The van der Waals surface area contributed by atoms with E-state index in [2.05, 4.69) is 36.6 Å². The van der Waals surface area contributed by atoms with Gasteiger partial charge in [-0.1, -0.05) is 36.0 Å². The zero-order chi connectivity index (χ0) is 27.2. The fourth-order valence-electron chi connectivity index (χ4n) is 4.23. The number of rotatable bonds is 7. The van der Waals surface area contributed by atoms with E-state index in [0.29, 0.717) is 36.4 Å². The molecule has 2 aliphatic rings. The van der Waals surface area contributed by atoms with E-state index < -0.39 is 5.60 Å². The van der Waals surface area contributed by atoms with E-state index in [9.17, 15) is 4.79 Å². The number of benzene rings is 1. The Morgan fingerprint density at radius 1 is 1.15 bits per heavy atom. The van der Waals surface area contributed by atoms with Crippen LogP contribution in [0.4, 0.5) is 16.6 Å². The number of para-hydroxylation sites is 1. The predicted octanol–water partition coefficient (Wildman–Crippen LogP) is 6.65. The molecule has 0 spiro atoms. The number of piperidine rings is 1. The average molecular weight is 548 g/mol. The smallest absolute Gasteiger partial charge is 0.410 e. The fourth-order valence-corrected chi connectivity index (χ4v) is 5.07. The number of aromatic amines is 1. The maximum absolute atomic E-state index is 12.4. The number of nitrogens with zero attached hydrogens (tertiary/aromatic N) is 5. The van der Waals surface area contributed by atoms with Gasteiger partial charge in [-0.15, -0.1) is 5.10 Å². The second-order valence-electron chi connectivity index (χ2n) is 10.4. The highest BCUT2D eigenvalue weighted by molar-refractivity contribution is 8.03. The number of ether oxygens (including phenoxy) is 2. The minimum Gasteiger partial charge on any atom is -0.453 e. The molecule has 11 heteroatoms. The van der Waals surface area contributed by atoms with E-state index in [1.54, 1.807) is 22.9 Å². The van der Waals surface area contributed by atoms with Gasteiger partial charge in [0.15, 0.2) is 11.6 Å². The third-order valence-corrected chi connectivity index (χ3v) is 7.06. The fraction of sp³-hybridized carbons (Fsp3) is 0.393. The molecular weight excluding hydrogens is 514 g/mol. The first-order chi connectivity index (χ1) is 18.8. The van der Waals surface area contributed by atoms with Crippen molar-refractivity contribution in [2.45, 2.75) is 62.9 Å². The predicted molar refractivity (Wildman–Crippen MR) is 152 cm³/mol. The second kappa shape index (κ2) is 11.9. The molecule has 0 unspecified atom stereocenters. The van der Waals surface area contributed by atoms with Gasteiger partial charge in [-0.2, -0.15) is 4.98 Å². The molecule has 1 aromatic carbocycles. The van der Waals surface area contributed by atoms with Crippen LogP contribution in [0.3, 0.4) is 0 Å². The molecule has 0 aliphatic carbocycles. The molecule has 3 aromatic rings. The van der Waals surface area contributed by atoms with Gasteiger partial charge >= 0.3 is 6.09 Å². The van der Waals surface area contributed by atoms with Crippen molar-refractivity contribution in [1.29, 1.82) is 0 Å². The molecule has 1 saturated heterocycles.